The number of benzene rings is 1. The second kappa shape index (κ2) is 5.23. The van der Waals surface area contributed by atoms with E-state index in [1.54, 1.807) is 7.11 Å². The third-order valence-corrected chi connectivity index (χ3v) is 4.71. The molecule has 4 heteroatoms. The molecule has 0 aliphatic rings. The van der Waals surface area contributed by atoms with Gasteiger partial charge in [0.25, 0.3) is 0 Å². The van der Waals surface area contributed by atoms with Gasteiger partial charge in [-0.1, -0.05) is 0 Å². The van der Waals surface area contributed by atoms with E-state index in [9.17, 15) is 0 Å². The van der Waals surface area contributed by atoms with E-state index in [0.29, 0.717) is 6.61 Å². The lowest BCUT2D eigenvalue weighted by Crippen LogP contribution is -1.97. The zero-order chi connectivity index (χ0) is 9.84. The summed E-state index contributed by atoms with van der Waals surface area (Å²) < 4.78 is 12.9. The Kier molecular flexibility index (Phi) is 4.57. The molecule has 0 radical (unpaired) electrons. The fourth-order valence-corrected chi connectivity index (χ4v) is 2.21. The van der Waals surface area contributed by atoms with Crippen molar-refractivity contribution in [3.05, 3.63) is 19.3 Å². The predicted molar refractivity (Wildman–Crippen MR) is 69.6 cm³/mol. The maximum atomic E-state index is 5.45. The van der Waals surface area contributed by atoms with Gasteiger partial charge in [0.2, 0.25) is 0 Å². The summed E-state index contributed by atoms with van der Waals surface area (Å²) in [4.78, 5) is 0. The monoisotopic (exact) mass is 404 g/mol. The molecule has 0 aliphatic heterocycles. The summed E-state index contributed by atoms with van der Waals surface area (Å²) in [6.07, 6.45) is 0. The van der Waals surface area contributed by atoms with E-state index in [-0.39, 0.29) is 0 Å². The highest BCUT2D eigenvalue weighted by Gasteiger charge is 2.09. The zero-order valence-electron chi connectivity index (χ0n) is 7.43. The summed E-state index contributed by atoms with van der Waals surface area (Å²) in [6.45, 7) is 2.67. The molecule has 1 rings (SSSR count). The van der Waals surface area contributed by atoms with E-state index in [1.165, 1.54) is 0 Å². The summed E-state index contributed by atoms with van der Waals surface area (Å²) in [5.41, 5.74) is 0. The fraction of sp³-hybridized carbons (Fsp3) is 0.333. The highest BCUT2D eigenvalue weighted by atomic mass is 127. The van der Waals surface area contributed by atoms with Gasteiger partial charge in [-0.15, -0.1) is 0 Å². The molecule has 0 saturated heterocycles. The number of rotatable bonds is 3. The molecule has 0 unspecified atom stereocenters. The number of hydrogen-bond acceptors (Lipinski definition) is 2. The van der Waals surface area contributed by atoms with E-state index >= 15 is 0 Å². The second-order valence-electron chi connectivity index (χ2n) is 2.33. The van der Waals surface area contributed by atoms with Crippen LogP contribution in [0.3, 0.4) is 0 Å². The third-order valence-electron chi connectivity index (χ3n) is 1.53. The van der Waals surface area contributed by atoms with Crippen LogP contribution in [0.15, 0.2) is 12.1 Å². The lowest BCUT2D eigenvalue weighted by atomic mass is 10.3. The molecule has 0 N–H and O–H groups in total. The van der Waals surface area contributed by atoms with Crippen molar-refractivity contribution in [1.82, 2.24) is 0 Å². The van der Waals surface area contributed by atoms with Crippen LogP contribution in [0.1, 0.15) is 6.92 Å². The molecule has 0 bridgehead atoms. The van der Waals surface area contributed by atoms with Gasteiger partial charge in [0, 0.05) is 0 Å². The Labute approximate surface area is 105 Å². The molecular weight excluding hydrogens is 394 g/mol. The molecule has 0 aliphatic carbocycles. The van der Waals surface area contributed by atoms with Crippen LogP contribution in [0.4, 0.5) is 0 Å². The average Bonchev–Trinajstić information content (AvgIpc) is 2.14. The molecule has 0 fully saturated rings. The number of halogens is 2. The summed E-state index contributed by atoms with van der Waals surface area (Å²) >= 11 is 4.52. The molecule has 0 aromatic heterocycles. The molecule has 0 amide bonds. The standard InChI is InChI=1S/C9H10I2O2/c1-3-13-7-5-4-6(12-2)8(10)9(7)11/h4-5H,3H2,1-2H3. The van der Waals surface area contributed by atoms with Crippen LogP contribution in [-0.4, -0.2) is 13.7 Å². The van der Waals surface area contributed by atoms with Crippen LogP contribution in [0.2, 0.25) is 0 Å². The van der Waals surface area contributed by atoms with Gasteiger partial charge in [-0.2, -0.15) is 0 Å². The normalized spacial score (nSPS) is 9.85. The van der Waals surface area contributed by atoms with Crippen molar-refractivity contribution >= 4 is 45.2 Å². The second-order valence-corrected chi connectivity index (χ2v) is 4.48. The van der Waals surface area contributed by atoms with Gasteiger partial charge in [-0.3, -0.25) is 0 Å². The van der Waals surface area contributed by atoms with Gasteiger partial charge >= 0.3 is 0 Å². The van der Waals surface area contributed by atoms with Gasteiger partial charge in [-0.25, -0.2) is 0 Å². The lowest BCUT2D eigenvalue weighted by Gasteiger charge is -2.10. The minimum absolute atomic E-state index is 0.693. The van der Waals surface area contributed by atoms with Crippen LogP contribution >= 0.6 is 45.2 Å². The van der Waals surface area contributed by atoms with Crippen molar-refractivity contribution in [2.75, 3.05) is 13.7 Å². The molecular formula is C9H10I2O2. The topological polar surface area (TPSA) is 18.5 Å². The highest BCUT2D eigenvalue weighted by molar-refractivity contribution is 14.1. The molecule has 0 spiro atoms. The Balaban J connectivity index is 3.07. The fourth-order valence-electron chi connectivity index (χ4n) is 0.939. The van der Waals surface area contributed by atoms with E-state index in [0.717, 1.165) is 18.6 Å². The minimum atomic E-state index is 0.693. The number of methoxy groups -OCH3 is 1. The highest BCUT2D eigenvalue weighted by Crippen LogP contribution is 2.32. The van der Waals surface area contributed by atoms with Crippen LogP contribution in [0.25, 0.3) is 0 Å². The Morgan fingerprint density at radius 3 is 2.23 bits per heavy atom. The van der Waals surface area contributed by atoms with Crippen molar-refractivity contribution in [2.45, 2.75) is 6.92 Å². The Hall–Kier alpha value is 0.280. The maximum absolute atomic E-state index is 5.45. The van der Waals surface area contributed by atoms with Gasteiger partial charge in [0.05, 0.1) is 20.9 Å². The van der Waals surface area contributed by atoms with Crippen molar-refractivity contribution in [3.8, 4) is 11.5 Å². The largest absolute Gasteiger partial charge is 0.496 e. The van der Waals surface area contributed by atoms with Crippen molar-refractivity contribution < 1.29 is 9.47 Å². The van der Waals surface area contributed by atoms with Crippen molar-refractivity contribution in [1.29, 1.82) is 0 Å². The first-order chi connectivity index (χ1) is 6.20. The molecule has 72 valence electrons. The zero-order valence-corrected chi connectivity index (χ0v) is 11.7. The third kappa shape index (κ3) is 2.61. The first-order valence-electron chi connectivity index (χ1n) is 3.85. The van der Waals surface area contributed by atoms with Crippen LogP contribution in [-0.2, 0) is 0 Å². The molecule has 13 heavy (non-hydrogen) atoms. The van der Waals surface area contributed by atoms with Gasteiger partial charge < -0.3 is 9.47 Å². The summed E-state index contributed by atoms with van der Waals surface area (Å²) in [7, 11) is 1.67. The minimum Gasteiger partial charge on any atom is -0.496 e. The molecule has 0 heterocycles. The average molecular weight is 404 g/mol. The first-order valence-corrected chi connectivity index (χ1v) is 6.01. The Morgan fingerprint density at radius 2 is 1.69 bits per heavy atom. The van der Waals surface area contributed by atoms with Crippen LogP contribution < -0.4 is 9.47 Å². The van der Waals surface area contributed by atoms with E-state index in [4.69, 9.17) is 9.47 Å². The van der Waals surface area contributed by atoms with Gasteiger partial charge in [0.15, 0.2) is 0 Å². The lowest BCUT2D eigenvalue weighted by molar-refractivity contribution is 0.336. The van der Waals surface area contributed by atoms with E-state index in [1.807, 2.05) is 19.1 Å². The number of ether oxygens (including phenoxy) is 2. The first kappa shape index (κ1) is 11.4. The quantitative estimate of drug-likeness (QED) is 0.721. The summed E-state index contributed by atoms with van der Waals surface area (Å²) in [6, 6.07) is 3.86. The van der Waals surface area contributed by atoms with E-state index < -0.39 is 0 Å². The molecule has 2 nitrogen and oxygen atoms in total. The van der Waals surface area contributed by atoms with E-state index in [2.05, 4.69) is 45.2 Å². The molecule has 0 saturated carbocycles. The summed E-state index contributed by atoms with van der Waals surface area (Å²) in [5, 5.41) is 0. The van der Waals surface area contributed by atoms with Crippen LogP contribution in [0.5, 0.6) is 11.5 Å². The molecule has 1 aromatic rings. The smallest absolute Gasteiger partial charge is 0.133 e. The van der Waals surface area contributed by atoms with Gasteiger partial charge in [-0.05, 0) is 64.2 Å². The maximum Gasteiger partial charge on any atom is 0.133 e. The van der Waals surface area contributed by atoms with Crippen LogP contribution in [0, 0.1) is 7.14 Å². The number of hydrogen-bond donors (Lipinski definition) is 0. The molecule has 0 atom stereocenters. The Bertz CT molecular complexity index is 300. The summed E-state index contributed by atoms with van der Waals surface area (Å²) in [5.74, 6) is 1.82. The predicted octanol–water partition coefficient (Wildman–Crippen LogP) is 3.30. The van der Waals surface area contributed by atoms with Crippen molar-refractivity contribution in [2.24, 2.45) is 0 Å². The van der Waals surface area contributed by atoms with Gasteiger partial charge in [0.1, 0.15) is 11.5 Å². The van der Waals surface area contributed by atoms with Crippen molar-refractivity contribution in [3.63, 3.8) is 0 Å². The Morgan fingerprint density at radius 1 is 1.15 bits per heavy atom. The molecule has 1 aromatic carbocycles. The SMILES string of the molecule is CCOc1ccc(OC)c(I)c1I.